The minimum atomic E-state index is 0.152. The molecule has 21 heavy (non-hydrogen) atoms. The van der Waals surface area contributed by atoms with Gasteiger partial charge >= 0.3 is 0 Å². The molecule has 1 amide bonds. The maximum absolute atomic E-state index is 12.1. The molecule has 1 unspecified atom stereocenters. The fourth-order valence-electron chi connectivity index (χ4n) is 2.88. The van der Waals surface area contributed by atoms with Gasteiger partial charge < -0.3 is 4.90 Å². The Balaban J connectivity index is 1.75. The maximum Gasteiger partial charge on any atom is 0.222 e. The lowest BCUT2D eigenvalue weighted by molar-refractivity contribution is -0.127. The van der Waals surface area contributed by atoms with E-state index in [0.29, 0.717) is 25.3 Å². The molecule has 3 nitrogen and oxygen atoms in total. The molecule has 1 aliphatic rings. The van der Waals surface area contributed by atoms with E-state index in [0.717, 1.165) is 35.8 Å². The predicted octanol–water partition coefficient (Wildman–Crippen LogP) is 4.06. The molecule has 1 aliphatic heterocycles. The highest BCUT2D eigenvalue weighted by Gasteiger charge is 2.28. The van der Waals surface area contributed by atoms with E-state index in [1.807, 2.05) is 29.2 Å². The fraction of sp³-hybridized carbons (Fsp3) is 0.529. The van der Waals surface area contributed by atoms with Gasteiger partial charge in [-0.15, -0.1) is 0 Å². The van der Waals surface area contributed by atoms with Gasteiger partial charge in [0.05, 0.1) is 0 Å². The first kappa shape index (κ1) is 16.2. The van der Waals surface area contributed by atoms with E-state index in [-0.39, 0.29) is 11.7 Å². The van der Waals surface area contributed by atoms with Crippen molar-refractivity contribution in [3.8, 4) is 0 Å². The van der Waals surface area contributed by atoms with Crippen LogP contribution in [0.2, 0.25) is 0 Å². The number of ketones is 1. The van der Waals surface area contributed by atoms with Crippen LogP contribution in [0.5, 0.6) is 0 Å². The Kier molecular flexibility index (Phi) is 5.97. The summed E-state index contributed by atoms with van der Waals surface area (Å²) in [6.45, 7) is 3.74. The summed E-state index contributed by atoms with van der Waals surface area (Å²) in [5.41, 5.74) is 0.745. The van der Waals surface area contributed by atoms with Gasteiger partial charge in [0, 0.05) is 36.0 Å². The lowest BCUT2D eigenvalue weighted by Crippen LogP contribution is -2.26. The summed E-state index contributed by atoms with van der Waals surface area (Å²) in [6, 6.07) is 7.44. The third-order valence-electron chi connectivity index (χ3n) is 3.99. The quantitative estimate of drug-likeness (QED) is 0.694. The summed E-state index contributed by atoms with van der Waals surface area (Å²) in [5, 5.41) is 0. The number of nitrogens with zero attached hydrogens (tertiary/aromatic N) is 1. The Morgan fingerprint density at radius 2 is 2.05 bits per heavy atom. The van der Waals surface area contributed by atoms with Gasteiger partial charge in [-0.25, -0.2) is 0 Å². The number of carbonyl (C=O) groups is 2. The van der Waals surface area contributed by atoms with Gasteiger partial charge in [-0.1, -0.05) is 41.4 Å². The lowest BCUT2D eigenvalue weighted by Gasteiger charge is -2.16. The van der Waals surface area contributed by atoms with Crippen molar-refractivity contribution in [1.82, 2.24) is 4.90 Å². The zero-order valence-electron chi connectivity index (χ0n) is 12.5. The van der Waals surface area contributed by atoms with Crippen molar-refractivity contribution in [2.45, 2.75) is 39.0 Å². The van der Waals surface area contributed by atoms with Gasteiger partial charge in [-0.2, -0.15) is 0 Å². The minimum absolute atomic E-state index is 0.152. The zero-order valence-corrected chi connectivity index (χ0v) is 14.1. The first-order valence-electron chi connectivity index (χ1n) is 7.66. The molecule has 1 saturated heterocycles. The standard InChI is InChI=1S/C17H22BrNO2/c1-2-4-13-11-17(21)19(12-13)10-3-5-16(20)14-6-8-15(18)9-7-14/h6-9,13H,2-5,10-12H2,1H3. The predicted molar refractivity (Wildman–Crippen MR) is 87.3 cm³/mol. The second kappa shape index (κ2) is 7.74. The smallest absolute Gasteiger partial charge is 0.222 e. The Labute approximate surface area is 134 Å². The number of hydrogen-bond acceptors (Lipinski definition) is 2. The average Bonchev–Trinajstić information content (AvgIpc) is 2.80. The molecule has 1 aromatic carbocycles. The molecule has 0 aliphatic carbocycles. The highest BCUT2D eigenvalue weighted by molar-refractivity contribution is 9.10. The monoisotopic (exact) mass is 351 g/mol. The molecule has 0 bridgehead atoms. The van der Waals surface area contributed by atoms with Crippen LogP contribution in [-0.4, -0.2) is 29.7 Å². The molecule has 4 heteroatoms. The second-order valence-corrected chi connectivity index (χ2v) is 6.65. The molecule has 2 rings (SSSR count). The Morgan fingerprint density at radius 3 is 2.71 bits per heavy atom. The topological polar surface area (TPSA) is 37.4 Å². The molecular formula is C17H22BrNO2. The van der Waals surface area contributed by atoms with Crippen LogP contribution >= 0.6 is 15.9 Å². The Bertz CT molecular complexity index is 498. The van der Waals surface area contributed by atoms with Crippen molar-refractivity contribution in [2.75, 3.05) is 13.1 Å². The third-order valence-corrected chi connectivity index (χ3v) is 4.52. The molecule has 1 heterocycles. The van der Waals surface area contributed by atoms with Crippen molar-refractivity contribution in [2.24, 2.45) is 5.92 Å². The van der Waals surface area contributed by atoms with Crippen LogP contribution in [0.3, 0.4) is 0 Å². The normalized spacial score (nSPS) is 18.3. The van der Waals surface area contributed by atoms with Gasteiger partial charge in [0.15, 0.2) is 5.78 Å². The first-order valence-corrected chi connectivity index (χ1v) is 8.46. The van der Waals surface area contributed by atoms with Crippen molar-refractivity contribution in [3.05, 3.63) is 34.3 Å². The summed E-state index contributed by atoms with van der Waals surface area (Å²) in [5.74, 6) is 0.925. The lowest BCUT2D eigenvalue weighted by atomic mass is 10.0. The van der Waals surface area contributed by atoms with Gasteiger partial charge in [0.1, 0.15) is 0 Å². The molecule has 1 aromatic rings. The highest BCUT2D eigenvalue weighted by atomic mass is 79.9. The van der Waals surface area contributed by atoms with Gasteiger partial charge in [0.2, 0.25) is 5.91 Å². The Hall–Kier alpha value is -1.16. The zero-order chi connectivity index (χ0) is 15.2. The summed E-state index contributed by atoms with van der Waals surface area (Å²) in [7, 11) is 0. The van der Waals surface area contributed by atoms with Crippen molar-refractivity contribution in [1.29, 1.82) is 0 Å². The molecule has 0 N–H and O–H groups in total. The second-order valence-electron chi connectivity index (χ2n) is 5.73. The number of benzene rings is 1. The van der Waals surface area contributed by atoms with Crippen LogP contribution < -0.4 is 0 Å². The van der Waals surface area contributed by atoms with Crippen LogP contribution in [0.15, 0.2) is 28.7 Å². The van der Waals surface area contributed by atoms with Crippen molar-refractivity contribution in [3.63, 3.8) is 0 Å². The van der Waals surface area contributed by atoms with Gasteiger partial charge in [-0.05, 0) is 30.9 Å². The van der Waals surface area contributed by atoms with Crippen LogP contribution in [-0.2, 0) is 4.79 Å². The van der Waals surface area contributed by atoms with Gasteiger partial charge in [0.25, 0.3) is 0 Å². The number of rotatable bonds is 7. The number of Topliss-reactive ketones (excluding diaryl/α,β-unsaturated/α-hetero) is 1. The minimum Gasteiger partial charge on any atom is -0.342 e. The number of likely N-dealkylation sites (tertiary alicyclic amines) is 1. The van der Waals surface area contributed by atoms with E-state index >= 15 is 0 Å². The Morgan fingerprint density at radius 1 is 1.33 bits per heavy atom. The van der Waals surface area contributed by atoms with E-state index in [1.165, 1.54) is 0 Å². The van der Waals surface area contributed by atoms with E-state index in [1.54, 1.807) is 0 Å². The van der Waals surface area contributed by atoms with E-state index in [4.69, 9.17) is 0 Å². The number of carbonyl (C=O) groups excluding carboxylic acids is 2. The van der Waals surface area contributed by atoms with Crippen LogP contribution in [0.1, 0.15) is 49.4 Å². The highest BCUT2D eigenvalue weighted by Crippen LogP contribution is 2.22. The van der Waals surface area contributed by atoms with E-state index in [2.05, 4.69) is 22.9 Å². The van der Waals surface area contributed by atoms with Gasteiger partial charge in [-0.3, -0.25) is 9.59 Å². The van der Waals surface area contributed by atoms with E-state index in [9.17, 15) is 9.59 Å². The maximum atomic E-state index is 12.1. The number of amides is 1. The molecule has 0 saturated carbocycles. The molecule has 0 spiro atoms. The molecule has 0 aromatic heterocycles. The molecule has 0 radical (unpaired) electrons. The summed E-state index contributed by atoms with van der Waals surface area (Å²) in [4.78, 5) is 25.9. The van der Waals surface area contributed by atoms with Crippen LogP contribution in [0.25, 0.3) is 0 Å². The van der Waals surface area contributed by atoms with Crippen LogP contribution in [0.4, 0.5) is 0 Å². The summed E-state index contributed by atoms with van der Waals surface area (Å²) >= 11 is 3.36. The number of hydrogen-bond donors (Lipinski definition) is 0. The molecular weight excluding hydrogens is 330 g/mol. The molecule has 1 fully saturated rings. The molecule has 1 atom stereocenters. The SMILES string of the molecule is CCCC1CC(=O)N(CCCC(=O)c2ccc(Br)cc2)C1. The van der Waals surface area contributed by atoms with Crippen molar-refractivity contribution < 1.29 is 9.59 Å². The van der Waals surface area contributed by atoms with Crippen molar-refractivity contribution >= 4 is 27.6 Å². The molecule has 114 valence electrons. The van der Waals surface area contributed by atoms with Crippen LogP contribution in [0, 0.1) is 5.92 Å². The third kappa shape index (κ3) is 4.67. The fourth-order valence-corrected chi connectivity index (χ4v) is 3.15. The average molecular weight is 352 g/mol. The largest absolute Gasteiger partial charge is 0.342 e. The first-order chi connectivity index (χ1) is 10.1. The van der Waals surface area contributed by atoms with E-state index < -0.39 is 0 Å². The summed E-state index contributed by atoms with van der Waals surface area (Å²) in [6.07, 6.45) is 4.20. The summed E-state index contributed by atoms with van der Waals surface area (Å²) < 4.78 is 0.976. The number of halogens is 1.